The van der Waals surface area contributed by atoms with E-state index in [2.05, 4.69) is 0 Å². The third kappa shape index (κ3) is 2.19. The lowest BCUT2D eigenvalue weighted by Crippen LogP contribution is -2.14. The van der Waals surface area contributed by atoms with E-state index in [1.165, 1.54) is 36.4 Å². The molecule has 0 bridgehead atoms. The Kier molecular flexibility index (Phi) is 3.39. The maximum absolute atomic E-state index is 13.2. The van der Waals surface area contributed by atoms with Crippen LogP contribution in [-0.4, -0.2) is 28.1 Å². The second-order valence-corrected chi connectivity index (χ2v) is 8.89. The van der Waals surface area contributed by atoms with E-state index in [0.717, 1.165) is 0 Å². The normalized spacial score (nSPS) is 18.1. The van der Waals surface area contributed by atoms with E-state index in [4.69, 9.17) is 4.52 Å². The fourth-order valence-corrected chi connectivity index (χ4v) is 5.90. The molecule has 0 aliphatic carbocycles. The van der Waals surface area contributed by atoms with Gasteiger partial charge in [0.25, 0.3) is 0 Å². The summed E-state index contributed by atoms with van der Waals surface area (Å²) in [6, 6.07) is 11.5. The number of carbonyl (C=O) groups excluding carboxylic acids is 3. The Balaban J connectivity index is 1.73. The topological polar surface area (TPSA) is 118 Å². The number of carbonyl (C=O) groups is 3. The zero-order valence-corrected chi connectivity index (χ0v) is 15.5. The summed E-state index contributed by atoms with van der Waals surface area (Å²) in [5.74, 6) is -2.44. The minimum Gasteiger partial charge on any atom is -0.506 e. The summed E-state index contributed by atoms with van der Waals surface area (Å²) in [6.45, 7) is 0. The Morgan fingerprint density at radius 3 is 2.52 bits per heavy atom. The smallest absolute Gasteiger partial charge is 0.309 e. The van der Waals surface area contributed by atoms with Gasteiger partial charge < -0.3 is 14.7 Å². The largest absolute Gasteiger partial charge is 0.506 e. The molecule has 29 heavy (non-hydrogen) atoms. The van der Waals surface area contributed by atoms with E-state index in [9.17, 15) is 29.2 Å². The molecule has 8 heteroatoms. The maximum atomic E-state index is 13.2. The van der Waals surface area contributed by atoms with Crippen LogP contribution < -0.4 is 15.1 Å². The molecule has 2 heterocycles. The van der Waals surface area contributed by atoms with Crippen LogP contribution in [-0.2, 0) is 4.57 Å². The predicted octanol–water partition coefficient (Wildman–Crippen LogP) is 2.31. The molecule has 0 fully saturated rings. The molecular formula is C21H11O7P. The van der Waals surface area contributed by atoms with Crippen molar-refractivity contribution in [3.8, 4) is 17.2 Å². The molecule has 0 saturated carbocycles. The van der Waals surface area contributed by atoms with Crippen LogP contribution >= 0.6 is 7.37 Å². The third-order valence-corrected chi connectivity index (χ3v) is 7.35. The quantitative estimate of drug-likeness (QED) is 0.389. The molecule has 5 rings (SSSR count). The van der Waals surface area contributed by atoms with Crippen molar-refractivity contribution >= 4 is 35.8 Å². The number of aldehydes is 1. The lowest BCUT2D eigenvalue weighted by Gasteiger charge is -2.11. The summed E-state index contributed by atoms with van der Waals surface area (Å²) in [6.07, 6.45) is 0.394. The number of phenolic OH excluding ortho intramolecular Hbond substituents is 2. The second kappa shape index (κ2) is 5.65. The molecule has 3 aromatic carbocycles. The molecule has 2 aliphatic heterocycles. The van der Waals surface area contributed by atoms with E-state index in [1.54, 1.807) is 12.1 Å². The maximum Gasteiger partial charge on any atom is 0.309 e. The van der Waals surface area contributed by atoms with Gasteiger partial charge in [0, 0.05) is 0 Å². The number of phenols is 2. The molecule has 1 atom stereocenters. The zero-order chi connectivity index (χ0) is 20.5. The van der Waals surface area contributed by atoms with Crippen molar-refractivity contribution in [2.45, 2.75) is 0 Å². The molecule has 0 aromatic heterocycles. The van der Waals surface area contributed by atoms with Crippen LogP contribution in [0.1, 0.15) is 42.2 Å². The Labute approximate surface area is 163 Å². The molecule has 0 radical (unpaired) electrons. The SMILES string of the molecule is O=Cc1cccc(C(=O)c2cc3c4c(c2O)C(=O)c2ccccc2OP34=O)c1O. The standard InChI is InChI=1S/C21H11O7P/c22-9-10-4-3-6-12(17(10)23)18(24)13-8-15-21-16(20(13)26)19(25)11-5-1-2-7-14(11)28-29(15,21)27/h1-9,23,26H. The molecule has 2 N–H and O–H groups in total. The minimum absolute atomic E-state index is 0.0950. The number of ketones is 2. The van der Waals surface area contributed by atoms with Gasteiger partial charge in [-0.2, -0.15) is 0 Å². The van der Waals surface area contributed by atoms with Crippen LogP contribution in [0.5, 0.6) is 17.2 Å². The van der Waals surface area contributed by atoms with Gasteiger partial charge in [0.15, 0.2) is 6.29 Å². The molecule has 2 aliphatic rings. The van der Waals surface area contributed by atoms with Gasteiger partial charge in [-0.25, -0.2) is 0 Å². The van der Waals surface area contributed by atoms with E-state index >= 15 is 0 Å². The van der Waals surface area contributed by atoms with Gasteiger partial charge in [0.05, 0.1) is 38.4 Å². The van der Waals surface area contributed by atoms with Crippen molar-refractivity contribution in [2.24, 2.45) is 0 Å². The Morgan fingerprint density at radius 2 is 1.76 bits per heavy atom. The number of benzene rings is 3. The lowest BCUT2D eigenvalue weighted by atomic mass is 9.94. The van der Waals surface area contributed by atoms with Crippen LogP contribution in [0.4, 0.5) is 0 Å². The van der Waals surface area contributed by atoms with Crippen molar-refractivity contribution in [3.05, 3.63) is 76.3 Å². The first-order valence-corrected chi connectivity index (χ1v) is 10.2. The van der Waals surface area contributed by atoms with Crippen LogP contribution in [0, 0.1) is 0 Å². The van der Waals surface area contributed by atoms with Gasteiger partial charge in [-0.3, -0.25) is 18.9 Å². The highest BCUT2D eigenvalue weighted by Crippen LogP contribution is 2.60. The van der Waals surface area contributed by atoms with E-state index in [1.807, 2.05) is 0 Å². The Bertz CT molecular complexity index is 1340. The molecule has 1 unspecified atom stereocenters. The van der Waals surface area contributed by atoms with Gasteiger partial charge in [-0.1, -0.05) is 18.2 Å². The molecular weight excluding hydrogens is 395 g/mol. The van der Waals surface area contributed by atoms with Gasteiger partial charge >= 0.3 is 7.37 Å². The molecule has 0 saturated heterocycles. The number of hydrogen-bond acceptors (Lipinski definition) is 7. The number of rotatable bonds is 3. The Hall–Kier alpha value is -3.70. The van der Waals surface area contributed by atoms with Crippen molar-refractivity contribution in [1.29, 1.82) is 0 Å². The predicted molar refractivity (Wildman–Crippen MR) is 102 cm³/mol. The van der Waals surface area contributed by atoms with Crippen LogP contribution in [0.2, 0.25) is 0 Å². The second-order valence-electron chi connectivity index (χ2n) is 6.67. The average molecular weight is 406 g/mol. The van der Waals surface area contributed by atoms with Crippen molar-refractivity contribution < 1.29 is 33.7 Å². The average Bonchev–Trinajstić information content (AvgIpc) is 3.31. The molecule has 0 spiro atoms. The van der Waals surface area contributed by atoms with Gasteiger partial charge in [-0.05, 0) is 30.3 Å². The van der Waals surface area contributed by atoms with Crippen molar-refractivity contribution in [2.75, 3.05) is 0 Å². The van der Waals surface area contributed by atoms with Crippen LogP contribution in [0.15, 0.2) is 48.5 Å². The summed E-state index contributed by atoms with van der Waals surface area (Å²) < 4.78 is 18.8. The monoisotopic (exact) mass is 406 g/mol. The highest BCUT2D eigenvalue weighted by atomic mass is 31.2. The minimum atomic E-state index is -3.52. The summed E-state index contributed by atoms with van der Waals surface area (Å²) in [5.41, 5.74) is -0.723. The fourth-order valence-electron chi connectivity index (χ4n) is 3.59. The summed E-state index contributed by atoms with van der Waals surface area (Å²) >= 11 is 0. The van der Waals surface area contributed by atoms with Crippen LogP contribution in [0.25, 0.3) is 0 Å². The van der Waals surface area contributed by atoms with E-state index < -0.39 is 30.4 Å². The summed E-state index contributed by atoms with van der Waals surface area (Å²) in [5, 5.41) is 21.2. The molecule has 142 valence electrons. The van der Waals surface area contributed by atoms with Crippen molar-refractivity contribution in [1.82, 2.24) is 0 Å². The third-order valence-electron chi connectivity index (χ3n) is 5.08. The number of fused-ring (bicyclic) bond motifs is 2. The molecule has 3 aromatic rings. The molecule has 7 nitrogen and oxygen atoms in total. The lowest BCUT2D eigenvalue weighted by molar-refractivity contribution is 0.103. The first-order valence-electron chi connectivity index (χ1n) is 8.55. The number of aromatic hydroxyl groups is 2. The summed E-state index contributed by atoms with van der Waals surface area (Å²) in [4.78, 5) is 37.1. The number of hydrogen-bond donors (Lipinski definition) is 2. The van der Waals surface area contributed by atoms with E-state index in [-0.39, 0.29) is 44.2 Å². The van der Waals surface area contributed by atoms with Crippen molar-refractivity contribution in [3.63, 3.8) is 0 Å². The first kappa shape index (κ1) is 17.4. The van der Waals surface area contributed by atoms with E-state index in [0.29, 0.717) is 6.29 Å². The fraction of sp³-hybridized carbons (Fsp3) is 0. The van der Waals surface area contributed by atoms with Crippen LogP contribution in [0.3, 0.4) is 0 Å². The number of para-hydroxylation sites is 2. The van der Waals surface area contributed by atoms with Gasteiger partial charge in [0.2, 0.25) is 11.6 Å². The van der Waals surface area contributed by atoms with Gasteiger partial charge in [-0.15, -0.1) is 0 Å². The summed E-state index contributed by atoms with van der Waals surface area (Å²) in [7, 11) is -3.52. The van der Waals surface area contributed by atoms with Gasteiger partial charge in [0.1, 0.15) is 17.2 Å². The first-order chi connectivity index (χ1) is 13.9. The Morgan fingerprint density at radius 1 is 1.00 bits per heavy atom. The molecule has 0 amide bonds. The zero-order valence-electron chi connectivity index (χ0n) is 14.6. The highest BCUT2D eigenvalue weighted by Gasteiger charge is 2.57. The highest BCUT2D eigenvalue weighted by molar-refractivity contribution is 7.85.